The summed E-state index contributed by atoms with van der Waals surface area (Å²) in [6, 6.07) is 16.3. The normalized spacial score (nSPS) is 22.0. The van der Waals surface area contributed by atoms with Gasteiger partial charge >= 0.3 is 12.1 Å². The lowest BCUT2D eigenvalue weighted by atomic mass is 9.76. The molecule has 2 aliphatic carbocycles. The molecule has 2 N–H and O–H groups in total. The van der Waals surface area contributed by atoms with E-state index in [1.165, 1.54) is 11.1 Å². The van der Waals surface area contributed by atoms with Gasteiger partial charge in [0.2, 0.25) is 5.91 Å². The van der Waals surface area contributed by atoms with Crippen LogP contribution >= 0.6 is 0 Å². The van der Waals surface area contributed by atoms with Gasteiger partial charge < -0.3 is 20.1 Å². The van der Waals surface area contributed by atoms with E-state index < -0.39 is 17.5 Å². The van der Waals surface area contributed by atoms with Gasteiger partial charge in [-0.15, -0.1) is 6.58 Å². The smallest absolute Gasteiger partial charge is 0.407 e. The van der Waals surface area contributed by atoms with Gasteiger partial charge in [-0.1, -0.05) is 54.6 Å². The van der Waals surface area contributed by atoms with E-state index in [-0.39, 0.29) is 43.5 Å². The van der Waals surface area contributed by atoms with Crippen molar-refractivity contribution in [3.63, 3.8) is 0 Å². The molecular weight excluding hydrogens is 444 g/mol. The van der Waals surface area contributed by atoms with Crippen LogP contribution in [0.3, 0.4) is 0 Å². The molecular formula is C28H30N2O5. The molecule has 2 aromatic rings. The van der Waals surface area contributed by atoms with Gasteiger partial charge in [-0.25, -0.2) is 4.79 Å². The number of hydrogen-bond donors (Lipinski definition) is 2. The second-order valence-corrected chi connectivity index (χ2v) is 9.95. The number of carbonyl (C=O) groups excluding carboxylic acids is 2. The Morgan fingerprint density at radius 3 is 2.29 bits per heavy atom. The summed E-state index contributed by atoms with van der Waals surface area (Å²) >= 11 is 0. The number of carbonyl (C=O) groups is 3. The molecule has 5 rings (SSSR count). The third kappa shape index (κ3) is 4.20. The quantitative estimate of drug-likeness (QED) is 0.587. The molecule has 1 aliphatic heterocycles. The fourth-order valence-electron chi connectivity index (χ4n) is 5.87. The maximum Gasteiger partial charge on any atom is 0.407 e. The minimum atomic E-state index is -0.908. The maximum atomic E-state index is 12.9. The fraction of sp³-hybridized carbons (Fsp3) is 0.393. The molecule has 1 saturated heterocycles. The van der Waals surface area contributed by atoms with Crippen LogP contribution in [0.15, 0.2) is 61.2 Å². The minimum absolute atomic E-state index is 0.00235. The van der Waals surface area contributed by atoms with Gasteiger partial charge in [-0.3, -0.25) is 9.59 Å². The molecule has 7 heteroatoms. The molecule has 182 valence electrons. The van der Waals surface area contributed by atoms with Crippen molar-refractivity contribution in [3.05, 3.63) is 72.3 Å². The molecule has 2 aromatic carbocycles. The van der Waals surface area contributed by atoms with Crippen LogP contribution in [-0.2, 0) is 14.3 Å². The summed E-state index contributed by atoms with van der Waals surface area (Å²) in [7, 11) is 0. The number of benzene rings is 2. The number of carboxylic acid groups (broad SMARTS) is 1. The number of hydrogen-bond acceptors (Lipinski definition) is 4. The third-order valence-electron chi connectivity index (χ3n) is 7.73. The molecule has 0 radical (unpaired) electrons. The van der Waals surface area contributed by atoms with Gasteiger partial charge in [0.1, 0.15) is 12.0 Å². The number of allylic oxidation sites excluding steroid dienone is 1. The highest BCUT2D eigenvalue weighted by Gasteiger charge is 2.51. The zero-order chi connectivity index (χ0) is 24.6. The number of alkyl carbamates (subject to hydrolysis) is 1. The van der Waals surface area contributed by atoms with Crippen LogP contribution in [0, 0.1) is 11.3 Å². The summed E-state index contributed by atoms with van der Waals surface area (Å²) in [5, 5.41) is 12.4. The summed E-state index contributed by atoms with van der Waals surface area (Å²) in [5.74, 6) is -1.11. The van der Waals surface area contributed by atoms with Crippen molar-refractivity contribution < 1.29 is 24.2 Å². The van der Waals surface area contributed by atoms with Crippen LogP contribution in [0.2, 0.25) is 0 Å². The number of nitrogens with zero attached hydrogens (tertiary/aromatic N) is 1. The molecule has 0 aromatic heterocycles. The first kappa shape index (κ1) is 23.1. The van der Waals surface area contributed by atoms with Crippen molar-refractivity contribution in [3.8, 4) is 11.1 Å². The van der Waals surface area contributed by atoms with E-state index in [1.54, 1.807) is 11.0 Å². The van der Waals surface area contributed by atoms with Crippen molar-refractivity contribution in [2.45, 2.75) is 37.6 Å². The molecule has 1 heterocycles. The number of aliphatic carboxylic acids is 1. The van der Waals surface area contributed by atoms with Crippen LogP contribution in [0.4, 0.5) is 4.79 Å². The molecule has 7 nitrogen and oxygen atoms in total. The molecule has 3 aliphatic rings. The van der Waals surface area contributed by atoms with Crippen molar-refractivity contribution in [2.24, 2.45) is 11.3 Å². The maximum absolute atomic E-state index is 12.9. The van der Waals surface area contributed by atoms with Crippen LogP contribution in [0.1, 0.15) is 42.7 Å². The standard InChI is InChI=1S/C28H30N2O5/c1-2-13-28(26(32)33)16-30(17-28)25(31)18-11-12-19(14-18)29-27(34)35-15-24-22-9-5-3-7-20(22)21-8-4-6-10-23(21)24/h2-10,18-19,24H,1,11-17H2,(H,29,34)(H,32,33)/t18-,19+/m0/s1. The number of fused-ring (bicyclic) bond motifs is 3. The monoisotopic (exact) mass is 474 g/mol. The Balaban J connectivity index is 1.13. The highest BCUT2D eigenvalue weighted by molar-refractivity contribution is 5.85. The Bertz CT molecular complexity index is 1120. The molecule has 2 amide bonds. The molecule has 0 unspecified atom stereocenters. The summed E-state index contributed by atoms with van der Waals surface area (Å²) < 4.78 is 5.64. The Labute approximate surface area is 204 Å². The van der Waals surface area contributed by atoms with Gasteiger partial charge in [-0.2, -0.15) is 0 Å². The first-order valence-electron chi connectivity index (χ1n) is 12.2. The predicted molar refractivity (Wildman–Crippen MR) is 131 cm³/mol. The van der Waals surface area contributed by atoms with E-state index in [4.69, 9.17) is 4.74 Å². The number of carboxylic acids is 1. The first-order valence-corrected chi connectivity index (χ1v) is 12.2. The average Bonchev–Trinajstić information content (AvgIpc) is 3.42. The predicted octanol–water partition coefficient (Wildman–Crippen LogP) is 4.18. The van der Waals surface area contributed by atoms with E-state index >= 15 is 0 Å². The highest BCUT2D eigenvalue weighted by Crippen LogP contribution is 2.44. The highest BCUT2D eigenvalue weighted by atomic mass is 16.5. The Kier molecular flexibility index (Phi) is 6.09. The Morgan fingerprint density at radius 1 is 1.06 bits per heavy atom. The van der Waals surface area contributed by atoms with Gasteiger partial charge in [0.15, 0.2) is 0 Å². The molecule has 35 heavy (non-hydrogen) atoms. The van der Waals surface area contributed by atoms with Crippen LogP contribution in [-0.4, -0.2) is 53.7 Å². The zero-order valence-corrected chi connectivity index (χ0v) is 19.6. The lowest BCUT2D eigenvalue weighted by Crippen LogP contribution is -2.62. The number of rotatable bonds is 7. The van der Waals surface area contributed by atoms with Crippen molar-refractivity contribution >= 4 is 18.0 Å². The number of likely N-dealkylation sites (tertiary alicyclic amines) is 1. The molecule has 1 saturated carbocycles. The fourth-order valence-corrected chi connectivity index (χ4v) is 5.87. The summed E-state index contributed by atoms with van der Waals surface area (Å²) in [4.78, 5) is 38.7. The van der Waals surface area contributed by atoms with Crippen molar-refractivity contribution in [2.75, 3.05) is 19.7 Å². The van der Waals surface area contributed by atoms with E-state index in [0.29, 0.717) is 25.7 Å². The first-order chi connectivity index (χ1) is 16.9. The van der Waals surface area contributed by atoms with Gasteiger partial charge in [0, 0.05) is 31.0 Å². The lowest BCUT2D eigenvalue weighted by molar-refractivity contribution is -0.167. The summed E-state index contributed by atoms with van der Waals surface area (Å²) in [5.41, 5.74) is 3.78. The third-order valence-corrected chi connectivity index (χ3v) is 7.73. The van der Waals surface area contributed by atoms with Gasteiger partial charge in [0.05, 0.1) is 0 Å². The Hall–Kier alpha value is -3.61. The second-order valence-electron chi connectivity index (χ2n) is 9.95. The second kappa shape index (κ2) is 9.21. The van der Waals surface area contributed by atoms with Crippen LogP contribution in [0.5, 0.6) is 0 Å². The van der Waals surface area contributed by atoms with E-state index in [0.717, 1.165) is 11.1 Å². The zero-order valence-electron chi connectivity index (χ0n) is 19.6. The SMILES string of the molecule is C=CCC1(C(=O)O)CN(C(=O)[C@H]2CC[C@@H](NC(=O)OCC3c4ccccc4-c4ccccc43)C2)C1. The van der Waals surface area contributed by atoms with E-state index in [2.05, 4.69) is 36.2 Å². The van der Waals surface area contributed by atoms with Gasteiger partial charge in [-0.05, 0) is 47.9 Å². The average molecular weight is 475 g/mol. The Morgan fingerprint density at radius 2 is 1.69 bits per heavy atom. The largest absolute Gasteiger partial charge is 0.481 e. The minimum Gasteiger partial charge on any atom is -0.481 e. The summed E-state index contributed by atoms with van der Waals surface area (Å²) in [6.45, 7) is 4.32. The topological polar surface area (TPSA) is 95.9 Å². The number of ether oxygens (including phenoxy) is 1. The van der Waals surface area contributed by atoms with Crippen molar-refractivity contribution in [1.82, 2.24) is 10.2 Å². The van der Waals surface area contributed by atoms with Gasteiger partial charge in [0.25, 0.3) is 0 Å². The molecule has 0 bridgehead atoms. The van der Waals surface area contributed by atoms with Crippen LogP contribution in [0.25, 0.3) is 11.1 Å². The summed E-state index contributed by atoms with van der Waals surface area (Å²) in [6.07, 6.45) is 3.39. The lowest BCUT2D eigenvalue weighted by Gasteiger charge is -2.47. The number of amides is 2. The van der Waals surface area contributed by atoms with Crippen molar-refractivity contribution in [1.29, 1.82) is 0 Å². The molecule has 2 fully saturated rings. The van der Waals surface area contributed by atoms with E-state index in [1.807, 2.05) is 24.3 Å². The van der Waals surface area contributed by atoms with Crippen LogP contribution < -0.4 is 5.32 Å². The number of nitrogens with one attached hydrogen (secondary N) is 1. The molecule has 2 atom stereocenters. The molecule has 0 spiro atoms. The van der Waals surface area contributed by atoms with E-state index in [9.17, 15) is 19.5 Å².